The van der Waals surface area contributed by atoms with Crippen LogP contribution in [0.5, 0.6) is 5.75 Å². The average Bonchev–Trinajstić information content (AvgIpc) is 2.90. The molecule has 11 nitrogen and oxygen atoms in total. The maximum absolute atomic E-state index is 12.8. The molecule has 0 saturated carbocycles. The van der Waals surface area contributed by atoms with Crippen molar-refractivity contribution in [2.75, 3.05) is 38.2 Å². The third kappa shape index (κ3) is 6.39. The molecule has 0 radical (unpaired) electrons. The smallest absolute Gasteiger partial charge is 0.255 e. The lowest BCUT2D eigenvalue weighted by molar-refractivity contribution is -0.277. The van der Waals surface area contributed by atoms with Crippen molar-refractivity contribution in [3.05, 3.63) is 58.6 Å². The lowest BCUT2D eigenvalue weighted by Crippen LogP contribution is -2.60. The van der Waals surface area contributed by atoms with Gasteiger partial charge >= 0.3 is 0 Å². The molecule has 37 heavy (non-hydrogen) atoms. The van der Waals surface area contributed by atoms with Crippen LogP contribution in [0.1, 0.15) is 15.9 Å². The quantitative estimate of drug-likeness (QED) is 0.332. The van der Waals surface area contributed by atoms with Gasteiger partial charge in [0.1, 0.15) is 30.2 Å². The second kappa shape index (κ2) is 12.2. The molecule has 2 aromatic carbocycles. The zero-order valence-corrected chi connectivity index (χ0v) is 20.6. The van der Waals surface area contributed by atoms with Crippen molar-refractivity contribution in [2.45, 2.75) is 37.1 Å². The van der Waals surface area contributed by atoms with Gasteiger partial charge in [-0.25, -0.2) is 0 Å². The summed E-state index contributed by atoms with van der Waals surface area (Å²) in [6.07, 6.45) is -7.30. The van der Waals surface area contributed by atoms with Crippen LogP contribution in [-0.2, 0) is 20.7 Å². The molecular formula is C25H29ClN2O9. The van der Waals surface area contributed by atoms with Crippen LogP contribution in [0.4, 0.5) is 5.69 Å². The van der Waals surface area contributed by atoms with E-state index in [4.69, 9.17) is 25.8 Å². The molecule has 5 unspecified atom stereocenters. The predicted octanol–water partition coefficient (Wildman–Crippen LogP) is 0.172. The second-order valence-corrected chi connectivity index (χ2v) is 9.15. The van der Waals surface area contributed by atoms with Gasteiger partial charge in [0.25, 0.3) is 5.91 Å². The molecule has 200 valence electrons. The number of benzene rings is 2. The van der Waals surface area contributed by atoms with E-state index in [2.05, 4.69) is 5.32 Å². The number of nitrogens with zero attached hydrogens (tertiary/aromatic N) is 1. The van der Waals surface area contributed by atoms with Gasteiger partial charge in [0.15, 0.2) is 0 Å². The Labute approximate surface area is 218 Å². The van der Waals surface area contributed by atoms with Gasteiger partial charge in [0.2, 0.25) is 12.2 Å². The first kappa shape index (κ1) is 27.3. The van der Waals surface area contributed by atoms with Crippen LogP contribution in [0, 0.1) is 0 Å². The predicted molar refractivity (Wildman–Crippen MR) is 131 cm³/mol. The number of para-hydroxylation sites is 1. The summed E-state index contributed by atoms with van der Waals surface area (Å²) in [5.41, 5.74) is 1.20. The summed E-state index contributed by atoms with van der Waals surface area (Å²) in [5, 5.41) is 42.5. The molecular weight excluding hydrogens is 508 g/mol. The summed E-state index contributed by atoms with van der Waals surface area (Å²) in [6, 6.07) is 11.2. The van der Waals surface area contributed by atoms with Crippen molar-refractivity contribution in [2.24, 2.45) is 0 Å². The molecule has 0 aliphatic carbocycles. The number of hydrogen-bond acceptors (Lipinski definition) is 9. The van der Waals surface area contributed by atoms with Crippen molar-refractivity contribution in [3.8, 4) is 5.75 Å². The molecule has 2 aliphatic heterocycles. The van der Waals surface area contributed by atoms with Gasteiger partial charge in [-0.1, -0.05) is 29.8 Å². The van der Waals surface area contributed by atoms with Gasteiger partial charge in [0, 0.05) is 24.3 Å². The molecule has 2 amide bonds. The number of ether oxygens (including phenoxy) is 3. The van der Waals surface area contributed by atoms with Crippen LogP contribution in [0.15, 0.2) is 42.5 Å². The van der Waals surface area contributed by atoms with Crippen LogP contribution in [0.3, 0.4) is 0 Å². The van der Waals surface area contributed by atoms with Crippen molar-refractivity contribution in [3.63, 3.8) is 0 Å². The van der Waals surface area contributed by atoms with Gasteiger partial charge in [0.05, 0.1) is 36.8 Å². The van der Waals surface area contributed by atoms with E-state index in [9.17, 15) is 30.0 Å². The lowest BCUT2D eigenvalue weighted by atomic mass is 9.99. The number of morpholine rings is 1. The molecule has 2 heterocycles. The summed E-state index contributed by atoms with van der Waals surface area (Å²) in [7, 11) is 0. The number of aliphatic hydroxyl groups is 4. The van der Waals surface area contributed by atoms with Crippen LogP contribution >= 0.6 is 11.6 Å². The minimum atomic E-state index is -1.59. The van der Waals surface area contributed by atoms with E-state index in [1.54, 1.807) is 41.3 Å². The zero-order chi connectivity index (χ0) is 26.5. The number of carbonyl (C=O) groups excluding carboxylic acids is 2. The van der Waals surface area contributed by atoms with E-state index in [1.165, 1.54) is 6.07 Å². The standard InChI is InChI=1S/C25H29ClN2O9/c26-17-12-15(5-6-16(17)24(34)28-7-9-35-10-8-28)27-20(30)11-14-3-1-2-4-18(14)36-25-23(33)22(32)21(31)19(13-29)37-25/h1-6,12,19,21-23,25,29,31-33H,7-11,13H2,(H,27,30). The highest BCUT2D eigenvalue weighted by Crippen LogP contribution is 2.28. The Morgan fingerprint density at radius 2 is 1.78 bits per heavy atom. The number of anilines is 1. The van der Waals surface area contributed by atoms with Gasteiger partial charge in [-0.05, 0) is 24.3 Å². The van der Waals surface area contributed by atoms with E-state index in [0.717, 1.165) is 0 Å². The number of halogens is 1. The van der Waals surface area contributed by atoms with Crippen molar-refractivity contribution in [1.29, 1.82) is 0 Å². The third-order valence-electron chi connectivity index (χ3n) is 6.20. The number of aliphatic hydroxyl groups excluding tert-OH is 4. The number of nitrogens with one attached hydrogen (secondary N) is 1. The largest absolute Gasteiger partial charge is 0.462 e. The third-order valence-corrected chi connectivity index (χ3v) is 6.51. The summed E-state index contributed by atoms with van der Waals surface area (Å²) >= 11 is 6.34. The van der Waals surface area contributed by atoms with Gasteiger partial charge < -0.3 is 44.9 Å². The van der Waals surface area contributed by atoms with E-state index in [-0.39, 0.29) is 23.1 Å². The molecule has 0 bridgehead atoms. The van der Waals surface area contributed by atoms with Crippen LogP contribution in [-0.4, -0.2) is 101 Å². The van der Waals surface area contributed by atoms with E-state index in [1.807, 2.05) is 0 Å². The van der Waals surface area contributed by atoms with Gasteiger partial charge in [-0.15, -0.1) is 0 Å². The van der Waals surface area contributed by atoms with E-state index < -0.39 is 43.2 Å². The summed E-state index contributed by atoms with van der Waals surface area (Å²) in [5.74, 6) is -0.384. The van der Waals surface area contributed by atoms with Crippen LogP contribution in [0.2, 0.25) is 5.02 Å². The highest BCUT2D eigenvalue weighted by molar-refractivity contribution is 6.34. The number of amides is 2. The van der Waals surface area contributed by atoms with Crippen molar-refractivity contribution in [1.82, 2.24) is 4.90 Å². The van der Waals surface area contributed by atoms with Gasteiger partial charge in [-0.2, -0.15) is 0 Å². The first-order valence-corrected chi connectivity index (χ1v) is 12.2. The Morgan fingerprint density at radius 3 is 2.49 bits per heavy atom. The molecule has 5 N–H and O–H groups in total. The van der Waals surface area contributed by atoms with E-state index >= 15 is 0 Å². The molecule has 12 heteroatoms. The lowest BCUT2D eigenvalue weighted by Gasteiger charge is -2.39. The Kier molecular flexibility index (Phi) is 8.98. The molecule has 2 aliphatic rings. The monoisotopic (exact) mass is 536 g/mol. The highest BCUT2D eigenvalue weighted by Gasteiger charge is 2.44. The Balaban J connectivity index is 1.41. The number of hydrogen-bond donors (Lipinski definition) is 5. The number of rotatable bonds is 7. The van der Waals surface area contributed by atoms with Crippen LogP contribution < -0.4 is 10.1 Å². The Bertz CT molecular complexity index is 1110. The minimum Gasteiger partial charge on any atom is -0.462 e. The summed E-state index contributed by atoms with van der Waals surface area (Å²) < 4.78 is 16.4. The molecule has 0 spiro atoms. The fourth-order valence-corrected chi connectivity index (χ4v) is 4.40. The Morgan fingerprint density at radius 1 is 1.05 bits per heavy atom. The molecule has 5 atom stereocenters. The summed E-state index contributed by atoms with van der Waals surface area (Å²) in [4.78, 5) is 27.1. The fraction of sp³-hybridized carbons (Fsp3) is 0.440. The highest BCUT2D eigenvalue weighted by atomic mass is 35.5. The normalized spacial score (nSPS) is 26.0. The van der Waals surface area contributed by atoms with Crippen molar-refractivity contribution >= 4 is 29.1 Å². The first-order chi connectivity index (χ1) is 17.8. The fourth-order valence-electron chi connectivity index (χ4n) is 4.14. The second-order valence-electron chi connectivity index (χ2n) is 8.75. The molecule has 0 aromatic heterocycles. The first-order valence-electron chi connectivity index (χ1n) is 11.8. The zero-order valence-electron chi connectivity index (χ0n) is 19.8. The SMILES string of the molecule is O=C(Cc1ccccc1OC1OC(CO)C(O)C(O)C1O)Nc1ccc(C(=O)N2CCOCC2)c(Cl)c1. The van der Waals surface area contributed by atoms with Crippen LogP contribution in [0.25, 0.3) is 0 Å². The minimum absolute atomic E-state index is 0.111. The maximum atomic E-state index is 12.8. The maximum Gasteiger partial charge on any atom is 0.255 e. The average molecular weight is 537 g/mol. The van der Waals surface area contributed by atoms with Crippen molar-refractivity contribution < 1.29 is 44.2 Å². The molecule has 2 saturated heterocycles. The number of carbonyl (C=O) groups is 2. The molecule has 4 rings (SSSR count). The molecule has 2 aromatic rings. The van der Waals surface area contributed by atoms with E-state index in [0.29, 0.717) is 43.1 Å². The van der Waals surface area contributed by atoms with Gasteiger partial charge in [-0.3, -0.25) is 9.59 Å². The summed E-state index contributed by atoms with van der Waals surface area (Å²) in [6.45, 7) is 1.32. The molecule has 2 fully saturated rings. The topological polar surface area (TPSA) is 158 Å². The Hall–Kier alpha value is -2.77.